The molecule has 0 saturated heterocycles. The van der Waals surface area contributed by atoms with Gasteiger partial charge in [-0.2, -0.15) is 0 Å². The third-order valence-corrected chi connectivity index (χ3v) is 5.46. The number of nitrogens with zero attached hydrogens (tertiary/aromatic N) is 1. The van der Waals surface area contributed by atoms with E-state index >= 15 is 0 Å². The Morgan fingerprint density at radius 3 is 2.03 bits per heavy atom. The minimum atomic E-state index is -0.638. The monoisotopic (exact) mass is 395 g/mol. The van der Waals surface area contributed by atoms with Crippen molar-refractivity contribution in [3.63, 3.8) is 0 Å². The summed E-state index contributed by atoms with van der Waals surface area (Å²) in [6.07, 6.45) is 0.0513. The average Bonchev–Trinajstić information content (AvgIpc) is 3.05. The Kier molecular flexibility index (Phi) is 6.57. The lowest BCUT2D eigenvalue weighted by atomic mass is 9.98. The van der Waals surface area contributed by atoms with Gasteiger partial charge in [-0.05, 0) is 41.5 Å². The number of amides is 1. The van der Waals surface area contributed by atoms with Gasteiger partial charge < -0.3 is 9.47 Å². The van der Waals surface area contributed by atoms with E-state index in [1.807, 2.05) is 45.0 Å². The first kappa shape index (κ1) is 20.9. The van der Waals surface area contributed by atoms with Gasteiger partial charge in [0.1, 0.15) is 12.6 Å². The zero-order valence-corrected chi connectivity index (χ0v) is 17.6. The molecule has 2 aromatic rings. The Morgan fingerprint density at radius 1 is 1.00 bits per heavy atom. The Labute approximate surface area is 172 Å². The van der Waals surface area contributed by atoms with E-state index in [2.05, 4.69) is 24.3 Å². The van der Waals surface area contributed by atoms with Gasteiger partial charge in [0.15, 0.2) is 0 Å². The molecular weight excluding hydrogens is 366 g/mol. The standard InChI is InChI=1S/C24H29NO4/c1-5-25(22(14-16(2)3)23(26)28-4)24(27)29-15-21-19-12-8-6-10-17(19)18-11-7-9-13-20(18)21/h6-13,16,21-22H,5,14-15H2,1-4H3/t22-/m0/s1. The van der Waals surface area contributed by atoms with Crippen LogP contribution in [0.4, 0.5) is 4.79 Å². The maximum atomic E-state index is 12.9. The molecule has 0 aromatic heterocycles. The van der Waals surface area contributed by atoms with Gasteiger partial charge in [0, 0.05) is 12.5 Å². The maximum Gasteiger partial charge on any atom is 0.410 e. The fourth-order valence-corrected chi connectivity index (χ4v) is 4.09. The summed E-state index contributed by atoms with van der Waals surface area (Å²) < 4.78 is 10.7. The molecule has 0 heterocycles. The molecule has 0 N–H and O–H groups in total. The van der Waals surface area contributed by atoms with Gasteiger partial charge in [-0.25, -0.2) is 9.59 Å². The van der Waals surface area contributed by atoms with Crippen LogP contribution in [0, 0.1) is 5.92 Å². The van der Waals surface area contributed by atoms with Crippen molar-refractivity contribution in [2.75, 3.05) is 20.3 Å². The van der Waals surface area contributed by atoms with Crippen LogP contribution in [0.25, 0.3) is 11.1 Å². The lowest BCUT2D eigenvalue weighted by Crippen LogP contribution is -2.46. The minimum absolute atomic E-state index is 0.00766. The van der Waals surface area contributed by atoms with Gasteiger partial charge in [-0.15, -0.1) is 0 Å². The SMILES string of the molecule is CCN(C(=O)OCC1c2ccccc2-c2ccccc21)[C@@H](CC(C)C)C(=O)OC. The zero-order chi connectivity index (χ0) is 21.0. The van der Waals surface area contributed by atoms with Crippen LogP contribution in [0.5, 0.6) is 0 Å². The summed E-state index contributed by atoms with van der Waals surface area (Å²) in [7, 11) is 1.35. The summed E-state index contributed by atoms with van der Waals surface area (Å²) in [6, 6.07) is 15.8. The first-order valence-electron chi connectivity index (χ1n) is 10.2. The molecule has 154 valence electrons. The normalized spacial score (nSPS) is 13.6. The molecule has 0 fully saturated rings. The molecule has 0 aliphatic heterocycles. The number of hydrogen-bond acceptors (Lipinski definition) is 4. The maximum absolute atomic E-state index is 12.9. The Hall–Kier alpha value is -2.82. The third kappa shape index (κ3) is 4.29. The van der Waals surface area contributed by atoms with Gasteiger partial charge in [-0.1, -0.05) is 62.4 Å². The highest BCUT2D eigenvalue weighted by molar-refractivity contribution is 5.82. The number of methoxy groups -OCH3 is 1. The predicted molar refractivity (Wildman–Crippen MR) is 113 cm³/mol. The van der Waals surface area contributed by atoms with Crippen molar-refractivity contribution in [1.82, 2.24) is 4.90 Å². The van der Waals surface area contributed by atoms with Gasteiger partial charge >= 0.3 is 12.1 Å². The third-order valence-electron chi connectivity index (χ3n) is 5.46. The summed E-state index contributed by atoms with van der Waals surface area (Å²) in [5.74, 6) is -0.171. The number of likely N-dealkylation sites (N-methyl/N-ethyl adjacent to an activating group) is 1. The summed E-state index contributed by atoms with van der Waals surface area (Å²) >= 11 is 0. The van der Waals surface area contributed by atoms with Crippen LogP contribution in [0.15, 0.2) is 48.5 Å². The number of rotatable bonds is 7. The van der Waals surface area contributed by atoms with Gasteiger partial charge in [0.2, 0.25) is 0 Å². The van der Waals surface area contributed by atoms with E-state index in [0.717, 1.165) is 11.1 Å². The molecule has 1 aliphatic rings. The molecule has 0 radical (unpaired) electrons. The van der Waals surface area contributed by atoms with Crippen LogP contribution in [-0.4, -0.2) is 43.3 Å². The highest BCUT2D eigenvalue weighted by Gasteiger charge is 2.33. The van der Waals surface area contributed by atoms with E-state index in [4.69, 9.17) is 9.47 Å². The molecule has 0 saturated carbocycles. The smallest absolute Gasteiger partial charge is 0.410 e. The molecule has 29 heavy (non-hydrogen) atoms. The predicted octanol–water partition coefficient (Wildman–Crippen LogP) is 4.85. The molecule has 1 aliphatic carbocycles. The quantitative estimate of drug-likeness (QED) is 0.629. The van der Waals surface area contributed by atoms with E-state index < -0.39 is 18.1 Å². The van der Waals surface area contributed by atoms with E-state index in [-0.39, 0.29) is 18.4 Å². The van der Waals surface area contributed by atoms with Gasteiger partial charge in [0.25, 0.3) is 0 Å². The molecule has 5 nitrogen and oxygen atoms in total. The van der Waals surface area contributed by atoms with Crippen molar-refractivity contribution in [3.05, 3.63) is 59.7 Å². The molecule has 0 spiro atoms. The van der Waals surface area contributed by atoms with Crippen molar-refractivity contribution >= 4 is 12.1 Å². The molecule has 1 atom stereocenters. The average molecular weight is 395 g/mol. The summed E-state index contributed by atoms with van der Waals surface area (Å²) in [4.78, 5) is 26.6. The highest BCUT2D eigenvalue weighted by atomic mass is 16.6. The van der Waals surface area contributed by atoms with Gasteiger partial charge in [0.05, 0.1) is 7.11 Å². The second-order valence-electron chi connectivity index (χ2n) is 7.76. The molecule has 2 aromatic carbocycles. The first-order chi connectivity index (χ1) is 14.0. The van der Waals surface area contributed by atoms with Crippen molar-refractivity contribution < 1.29 is 19.1 Å². The van der Waals surface area contributed by atoms with E-state index in [1.165, 1.54) is 23.1 Å². The first-order valence-corrected chi connectivity index (χ1v) is 10.2. The van der Waals surface area contributed by atoms with Crippen molar-refractivity contribution in [1.29, 1.82) is 0 Å². The molecule has 5 heteroatoms. The van der Waals surface area contributed by atoms with E-state index in [9.17, 15) is 9.59 Å². The second kappa shape index (κ2) is 9.12. The fourth-order valence-electron chi connectivity index (χ4n) is 4.09. The summed E-state index contributed by atoms with van der Waals surface area (Å²) in [6.45, 7) is 6.49. The number of carbonyl (C=O) groups excluding carboxylic acids is 2. The lowest BCUT2D eigenvalue weighted by molar-refractivity contribution is -0.147. The molecule has 1 amide bonds. The Morgan fingerprint density at radius 2 is 1.55 bits per heavy atom. The second-order valence-corrected chi connectivity index (χ2v) is 7.76. The summed E-state index contributed by atoms with van der Waals surface area (Å²) in [5.41, 5.74) is 4.69. The number of fused-ring (bicyclic) bond motifs is 3. The fraction of sp³-hybridized carbons (Fsp3) is 0.417. The van der Waals surface area contributed by atoms with Crippen molar-refractivity contribution in [2.24, 2.45) is 5.92 Å². The van der Waals surface area contributed by atoms with Gasteiger partial charge in [-0.3, -0.25) is 4.90 Å². The van der Waals surface area contributed by atoms with Crippen molar-refractivity contribution in [3.8, 4) is 11.1 Å². The number of ether oxygens (including phenoxy) is 2. The van der Waals surface area contributed by atoms with Crippen LogP contribution >= 0.6 is 0 Å². The van der Waals surface area contributed by atoms with E-state index in [0.29, 0.717) is 13.0 Å². The van der Waals surface area contributed by atoms with Crippen LogP contribution < -0.4 is 0 Å². The van der Waals surface area contributed by atoms with Crippen LogP contribution in [0.2, 0.25) is 0 Å². The number of carbonyl (C=O) groups is 2. The molecular formula is C24H29NO4. The largest absolute Gasteiger partial charge is 0.467 e. The van der Waals surface area contributed by atoms with Crippen LogP contribution in [-0.2, 0) is 14.3 Å². The van der Waals surface area contributed by atoms with Crippen molar-refractivity contribution in [2.45, 2.75) is 39.2 Å². The minimum Gasteiger partial charge on any atom is -0.467 e. The van der Waals surface area contributed by atoms with Crippen LogP contribution in [0.1, 0.15) is 44.2 Å². The highest BCUT2D eigenvalue weighted by Crippen LogP contribution is 2.44. The Bertz CT molecular complexity index is 831. The zero-order valence-electron chi connectivity index (χ0n) is 17.6. The molecule has 3 rings (SSSR count). The summed E-state index contributed by atoms with van der Waals surface area (Å²) in [5, 5.41) is 0. The number of benzene rings is 2. The number of hydrogen-bond donors (Lipinski definition) is 0. The topological polar surface area (TPSA) is 55.8 Å². The van der Waals surface area contributed by atoms with Crippen LogP contribution in [0.3, 0.4) is 0 Å². The van der Waals surface area contributed by atoms with E-state index in [1.54, 1.807) is 0 Å². The molecule has 0 bridgehead atoms. The Balaban J connectivity index is 1.78. The molecule has 0 unspecified atom stereocenters. The lowest BCUT2D eigenvalue weighted by Gasteiger charge is -2.29. The number of esters is 1.